The quantitative estimate of drug-likeness (QED) is 0.580. The first-order chi connectivity index (χ1) is 6.58. The van der Waals surface area contributed by atoms with Gasteiger partial charge in [0.05, 0.1) is 0 Å². The van der Waals surface area contributed by atoms with E-state index >= 15 is 0 Å². The van der Waals surface area contributed by atoms with Crippen LogP contribution in [0.3, 0.4) is 0 Å². The maximum atomic E-state index is 11.0. The molecule has 14 heavy (non-hydrogen) atoms. The third-order valence-electron chi connectivity index (χ3n) is 1.61. The van der Waals surface area contributed by atoms with Gasteiger partial charge in [0, 0.05) is 10.6 Å². The molecule has 0 heterocycles. The van der Waals surface area contributed by atoms with Crippen molar-refractivity contribution in [1.29, 1.82) is 0 Å². The smallest absolute Gasteiger partial charge is 0.296 e. The molecule has 0 fully saturated rings. The molecule has 0 aliphatic carbocycles. The summed E-state index contributed by atoms with van der Waals surface area (Å²) >= 11 is 0. The van der Waals surface area contributed by atoms with Crippen LogP contribution in [-0.2, 0) is 4.79 Å². The van der Waals surface area contributed by atoms with E-state index in [1.165, 1.54) is 0 Å². The number of anilines is 1. The van der Waals surface area contributed by atoms with Gasteiger partial charge in [-0.3, -0.25) is 14.9 Å². The van der Waals surface area contributed by atoms with Crippen LogP contribution in [0.2, 0.25) is 0 Å². The number of rotatable bonds is 3. The molecule has 0 aliphatic rings. The van der Waals surface area contributed by atoms with Crippen LogP contribution in [-0.4, -0.2) is 17.4 Å². The highest BCUT2D eigenvalue weighted by molar-refractivity contribution is 5.91. The number of hydrogen-bond acceptors (Lipinski definition) is 3. The number of amides is 1. The number of carbonyl (C=O) groups excluding carboxylic acids is 1. The van der Waals surface area contributed by atoms with Gasteiger partial charge < -0.3 is 5.32 Å². The van der Waals surface area contributed by atoms with Crippen molar-refractivity contribution in [3.8, 4) is 0 Å². The van der Waals surface area contributed by atoms with Crippen molar-refractivity contribution in [2.75, 3.05) is 11.9 Å². The van der Waals surface area contributed by atoms with Gasteiger partial charge in [-0.1, -0.05) is 17.7 Å². The molecular formula is C9H10N2O3. The Balaban J connectivity index is 2.56. The highest BCUT2D eigenvalue weighted by Gasteiger charge is 2.08. The Morgan fingerprint density at radius 2 is 2.00 bits per heavy atom. The molecule has 5 heteroatoms. The molecule has 0 bridgehead atoms. The first-order valence-electron chi connectivity index (χ1n) is 4.06. The lowest BCUT2D eigenvalue weighted by Crippen LogP contribution is -2.21. The van der Waals surface area contributed by atoms with Crippen molar-refractivity contribution < 1.29 is 9.72 Å². The van der Waals surface area contributed by atoms with Crippen molar-refractivity contribution in [2.24, 2.45) is 0 Å². The Morgan fingerprint density at radius 3 is 2.50 bits per heavy atom. The zero-order valence-corrected chi connectivity index (χ0v) is 7.69. The van der Waals surface area contributed by atoms with Crippen molar-refractivity contribution in [2.45, 2.75) is 6.92 Å². The fourth-order valence-corrected chi connectivity index (χ4v) is 0.955. The zero-order valence-electron chi connectivity index (χ0n) is 7.69. The highest BCUT2D eigenvalue weighted by atomic mass is 16.6. The molecular weight excluding hydrogens is 184 g/mol. The van der Waals surface area contributed by atoms with E-state index in [-0.39, 0.29) is 0 Å². The maximum absolute atomic E-state index is 11.0. The summed E-state index contributed by atoms with van der Waals surface area (Å²) < 4.78 is 0. The predicted molar refractivity (Wildman–Crippen MR) is 51.7 cm³/mol. The molecule has 0 aromatic heterocycles. The van der Waals surface area contributed by atoms with E-state index in [1.807, 2.05) is 19.1 Å². The van der Waals surface area contributed by atoms with E-state index in [4.69, 9.17) is 0 Å². The average Bonchev–Trinajstić information content (AvgIpc) is 2.07. The number of carbonyl (C=O) groups is 1. The Bertz CT molecular complexity index is 346. The molecule has 0 radical (unpaired) electrons. The Morgan fingerprint density at radius 1 is 1.43 bits per heavy atom. The summed E-state index contributed by atoms with van der Waals surface area (Å²) in [6.45, 7) is 1.22. The lowest BCUT2D eigenvalue weighted by Gasteiger charge is -2.01. The van der Waals surface area contributed by atoms with Crippen LogP contribution >= 0.6 is 0 Å². The Hall–Kier alpha value is -1.91. The highest BCUT2D eigenvalue weighted by Crippen LogP contribution is 2.07. The van der Waals surface area contributed by atoms with Crippen molar-refractivity contribution in [3.05, 3.63) is 39.9 Å². The molecule has 0 saturated heterocycles. The summed E-state index contributed by atoms with van der Waals surface area (Å²) in [5.74, 6) is -0.612. The largest absolute Gasteiger partial charge is 0.320 e. The molecule has 5 nitrogen and oxygen atoms in total. The molecule has 0 spiro atoms. The lowest BCUT2D eigenvalue weighted by molar-refractivity contribution is -0.467. The molecule has 1 N–H and O–H groups in total. The SMILES string of the molecule is Cc1ccc(NC(=O)C[N+](=O)[O-])cc1. The van der Waals surface area contributed by atoms with Gasteiger partial charge in [0.2, 0.25) is 0 Å². The van der Waals surface area contributed by atoms with Gasteiger partial charge in [0.25, 0.3) is 12.5 Å². The van der Waals surface area contributed by atoms with Crippen molar-refractivity contribution in [3.63, 3.8) is 0 Å². The fourth-order valence-electron chi connectivity index (χ4n) is 0.955. The molecule has 1 aromatic rings. The normalized spacial score (nSPS) is 9.50. The summed E-state index contributed by atoms with van der Waals surface area (Å²) in [4.78, 5) is 20.3. The van der Waals surface area contributed by atoms with E-state index in [0.717, 1.165) is 5.56 Å². The first-order valence-corrected chi connectivity index (χ1v) is 4.06. The minimum Gasteiger partial charge on any atom is -0.320 e. The number of nitrogens with one attached hydrogen (secondary N) is 1. The van der Waals surface area contributed by atoms with Gasteiger partial charge >= 0.3 is 0 Å². The first kappa shape index (κ1) is 10.2. The monoisotopic (exact) mass is 194 g/mol. The molecule has 74 valence electrons. The van der Waals surface area contributed by atoms with Gasteiger partial charge in [-0.25, -0.2) is 0 Å². The third kappa shape index (κ3) is 3.22. The van der Waals surface area contributed by atoms with Crippen molar-refractivity contribution in [1.82, 2.24) is 0 Å². The molecule has 0 saturated carbocycles. The predicted octanol–water partition coefficient (Wildman–Crippen LogP) is 1.21. The fraction of sp³-hybridized carbons (Fsp3) is 0.222. The second-order valence-corrected chi connectivity index (χ2v) is 2.91. The number of nitro groups is 1. The summed E-state index contributed by atoms with van der Waals surface area (Å²) in [6.07, 6.45) is 0. The number of hydrogen-bond donors (Lipinski definition) is 1. The number of aryl methyl sites for hydroxylation is 1. The minimum absolute atomic E-state index is 0.572. The molecule has 1 aromatic carbocycles. The standard InChI is InChI=1S/C9H10N2O3/c1-7-2-4-8(5-3-7)10-9(12)6-11(13)14/h2-5H,6H2,1H3,(H,10,12). The molecule has 1 amide bonds. The zero-order chi connectivity index (χ0) is 10.6. The summed E-state index contributed by atoms with van der Waals surface area (Å²) in [5.41, 5.74) is 1.64. The average molecular weight is 194 g/mol. The summed E-state index contributed by atoms with van der Waals surface area (Å²) in [6, 6.07) is 7.05. The van der Waals surface area contributed by atoms with Crippen LogP contribution in [0.4, 0.5) is 5.69 Å². The summed E-state index contributed by atoms with van der Waals surface area (Å²) in [7, 11) is 0. The second-order valence-electron chi connectivity index (χ2n) is 2.91. The van der Waals surface area contributed by atoms with Crippen LogP contribution in [0.25, 0.3) is 0 Å². The number of benzene rings is 1. The van der Waals surface area contributed by atoms with Gasteiger partial charge in [0.1, 0.15) is 0 Å². The van der Waals surface area contributed by atoms with Gasteiger partial charge in [-0.15, -0.1) is 0 Å². The Labute approximate surface area is 80.9 Å². The van der Waals surface area contributed by atoms with Crippen LogP contribution in [0.1, 0.15) is 5.56 Å². The van der Waals surface area contributed by atoms with E-state index in [2.05, 4.69) is 5.32 Å². The van der Waals surface area contributed by atoms with Gasteiger partial charge in [-0.2, -0.15) is 0 Å². The maximum Gasteiger partial charge on any atom is 0.296 e. The van der Waals surface area contributed by atoms with E-state index < -0.39 is 17.4 Å². The summed E-state index contributed by atoms with van der Waals surface area (Å²) in [5, 5.41) is 12.4. The third-order valence-corrected chi connectivity index (χ3v) is 1.61. The van der Waals surface area contributed by atoms with Crippen LogP contribution in [0, 0.1) is 17.0 Å². The van der Waals surface area contributed by atoms with Crippen LogP contribution in [0.5, 0.6) is 0 Å². The van der Waals surface area contributed by atoms with Gasteiger partial charge in [0.15, 0.2) is 0 Å². The molecule has 0 atom stereocenters. The van der Waals surface area contributed by atoms with Gasteiger partial charge in [-0.05, 0) is 19.1 Å². The topological polar surface area (TPSA) is 72.2 Å². The van der Waals surface area contributed by atoms with Crippen LogP contribution in [0.15, 0.2) is 24.3 Å². The molecule has 0 unspecified atom stereocenters. The Kier molecular flexibility index (Phi) is 3.17. The lowest BCUT2D eigenvalue weighted by atomic mass is 10.2. The van der Waals surface area contributed by atoms with E-state index in [1.54, 1.807) is 12.1 Å². The second kappa shape index (κ2) is 4.36. The molecule has 1 rings (SSSR count). The van der Waals surface area contributed by atoms with Crippen molar-refractivity contribution >= 4 is 11.6 Å². The minimum atomic E-state index is -0.701. The van der Waals surface area contributed by atoms with Crippen LogP contribution < -0.4 is 5.32 Å². The number of nitrogens with zero attached hydrogens (tertiary/aromatic N) is 1. The van der Waals surface area contributed by atoms with E-state index in [0.29, 0.717) is 5.69 Å². The van der Waals surface area contributed by atoms with E-state index in [9.17, 15) is 14.9 Å². The molecule has 0 aliphatic heterocycles.